The highest BCUT2D eigenvalue weighted by atomic mass is 35.5. The zero-order valence-corrected chi connectivity index (χ0v) is 10.9. The number of amides is 1. The molecule has 1 amide bonds. The fourth-order valence-corrected chi connectivity index (χ4v) is 1.83. The molecular formula is C12H12Cl2N2O. The second-order valence-electron chi connectivity index (χ2n) is 3.49. The second kappa shape index (κ2) is 6.48. The Balaban J connectivity index is 3.01. The van der Waals surface area contributed by atoms with Gasteiger partial charge in [0.1, 0.15) is 6.54 Å². The number of hydrogen-bond donors (Lipinski definition) is 0. The number of carbonyl (C=O) groups excluding carboxylic acids is 1. The molecule has 0 aromatic heterocycles. The molecule has 1 aromatic rings. The number of hydrogen-bond acceptors (Lipinski definition) is 2. The van der Waals surface area contributed by atoms with E-state index in [1.807, 2.05) is 13.0 Å². The number of carbonyl (C=O) groups is 1. The molecule has 0 radical (unpaired) electrons. The summed E-state index contributed by atoms with van der Waals surface area (Å²) in [6, 6.07) is 6.86. The molecule has 0 aliphatic rings. The Morgan fingerprint density at radius 3 is 2.76 bits per heavy atom. The maximum absolute atomic E-state index is 12.1. The lowest BCUT2D eigenvalue weighted by Gasteiger charge is -2.19. The van der Waals surface area contributed by atoms with Crippen molar-refractivity contribution in [2.75, 3.05) is 13.1 Å². The van der Waals surface area contributed by atoms with E-state index in [4.69, 9.17) is 28.5 Å². The minimum atomic E-state index is -0.263. The first-order chi connectivity index (χ1) is 8.11. The van der Waals surface area contributed by atoms with Gasteiger partial charge in [0.05, 0.1) is 21.7 Å². The molecule has 5 heteroatoms. The maximum atomic E-state index is 12.1. The van der Waals surface area contributed by atoms with Gasteiger partial charge >= 0.3 is 0 Å². The van der Waals surface area contributed by atoms with Crippen LogP contribution >= 0.6 is 23.2 Å². The molecule has 90 valence electrons. The number of rotatable bonds is 4. The highest BCUT2D eigenvalue weighted by molar-refractivity contribution is 6.43. The van der Waals surface area contributed by atoms with Gasteiger partial charge in [0.25, 0.3) is 5.91 Å². The Bertz CT molecular complexity index is 454. The van der Waals surface area contributed by atoms with Crippen LogP contribution in [0.1, 0.15) is 23.7 Å². The third kappa shape index (κ3) is 3.36. The molecule has 1 aromatic carbocycles. The normalized spacial score (nSPS) is 9.76. The van der Waals surface area contributed by atoms with Crippen molar-refractivity contribution in [2.45, 2.75) is 13.3 Å². The van der Waals surface area contributed by atoms with Gasteiger partial charge in [-0.3, -0.25) is 4.79 Å². The van der Waals surface area contributed by atoms with Crippen LogP contribution in [0.25, 0.3) is 0 Å². The van der Waals surface area contributed by atoms with Crippen LogP contribution in [0.5, 0.6) is 0 Å². The summed E-state index contributed by atoms with van der Waals surface area (Å²) in [6.07, 6.45) is 0.783. The fraction of sp³-hybridized carbons (Fsp3) is 0.333. The zero-order valence-electron chi connectivity index (χ0n) is 9.41. The predicted molar refractivity (Wildman–Crippen MR) is 68.3 cm³/mol. The average Bonchev–Trinajstić information content (AvgIpc) is 2.31. The Hall–Kier alpha value is -1.24. The molecule has 0 saturated heterocycles. The molecule has 0 saturated carbocycles. The van der Waals surface area contributed by atoms with Crippen molar-refractivity contribution in [3.05, 3.63) is 33.8 Å². The second-order valence-corrected chi connectivity index (χ2v) is 4.27. The Morgan fingerprint density at radius 1 is 1.47 bits per heavy atom. The van der Waals surface area contributed by atoms with Crippen molar-refractivity contribution in [3.63, 3.8) is 0 Å². The van der Waals surface area contributed by atoms with Crippen molar-refractivity contribution < 1.29 is 4.79 Å². The van der Waals surface area contributed by atoms with Crippen LogP contribution in [0, 0.1) is 11.3 Å². The summed E-state index contributed by atoms with van der Waals surface area (Å²) >= 11 is 11.8. The third-order valence-electron chi connectivity index (χ3n) is 2.22. The first kappa shape index (κ1) is 13.8. The van der Waals surface area contributed by atoms with E-state index in [2.05, 4.69) is 0 Å². The van der Waals surface area contributed by atoms with Gasteiger partial charge in [0.2, 0.25) is 0 Å². The molecule has 0 fully saturated rings. The fourth-order valence-electron chi connectivity index (χ4n) is 1.45. The van der Waals surface area contributed by atoms with Gasteiger partial charge in [-0.2, -0.15) is 5.26 Å². The third-order valence-corrected chi connectivity index (χ3v) is 3.04. The Kier molecular flexibility index (Phi) is 5.27. The van der Waals surface area contributed by atoms with Gasteiger partial charge < -0.3 is 4.90 Å². The molecule has 0 N–H and O–H groups in total. The van der Waals surface area contributed by atoms with E-state index in [0.29, 0.717) is 17.1 Å². The summed E-state index contributed by atoms with van der Waals surface area (Å²) in [5.41, 5.74) is 0.336. The van der Waals surface area contributed by atoms with Gasteiger partial charge in [-0.25, -0.2) is 0 Å². The molecular weight excluding hydrogens is 259 g/mol. The van der Waals surface area contributed by atoms with Crippen molar-refractivity contribution in [3.8, 4) is 6.07 Å². The molecule has 0 bridgehead atoms. The summed E-state index contributed by atoms with van der Waals surface area (Å²) < 4.78 is 0. The smallest absolute Gasteiger partial charge is 0.256 e. The summed E-state index contributed by atoms with van der Waals surface area (Å²) in [5, 5.41) is 9.25. The molecule has 17 heavy (non-hydrogen) atoms. The summed E-state index contributed by atoms with van der Waals surface area (Å²) in [6.45, 7) is 2.52. The van der Waals surface area contributed by atoms with E-state index in [9.17, 15) is 4.79 Å². The number of halogens is 2. The minimum absolute atomic E-state index is 0.0511. The van der Waals surface area contributed by atoms with Crippen LogP contribution in [-0.4, -0.2) is 23.9 Å². The maximum Gasteiger partial charge on any atom is 0.256 e. The van der Waals surface area contributed by atoms with E-state index in [1.54, 1.807) is 18.2 Å². The van der Waals surface area contributed by atoms with Gasteiger partial charge in [-0.15, -0.1) is 0 Å². The molecule has 0 spiro atoms. The topological polar surface area (TPSA) is 44.1 Å². The van der Waals surface area contributed by atoms with Crippen LogP contribution in [0.4, 0.5) is 0 Å². The van der Waals surface area contributed by atoms with Crippen LogP contribution in [0.2, 0.25) is 10.0 Å². The molecule has 0 unspecified atom stereocenters. The lowest BCUT2D eigenvalue weighted by Crippen LogP contribution is -2.32. The van der Waals surface area contributed by atoms with Crippen LogP contribution < -0.4 is 0 Å². The van der Waals surface area contributed by atoms with Crippen molar-refractivity contribution in [2.24, 2.45) is 0 Å². The minimum Gasteiger partial charge on any atom is -0.325 e. The first-order valence-corrected chi connectivity index (χ1v) is 5.97. The Labute approximate surface area is 111 Å². The van der Waals surface area contributed by atoms with Gasteiger partial charge in [-0.05, 0) is 18.6 Å². The number of benzene rings is 1. The van der Waals surface area contributed by atoms with Crippen molar-refractivity contribution in [1.82, 2.24) is 4.90 Å². The SMILES string of the molecule is CCCN(CC#N)C(=O)c1cccc(Cl)c1Cl. The molecule has 1 rings (SSSR count). The summed E-state index contributed by atoms with van der Waals surface area (Å²) in [4.78, 5) is 13.6. The average molecular weight is 271 g/mol. The molecule has 0 aliphatic heterocycles. The van der Waals surface area contributed by atoms with Gasteiger partial charge in [0, 0.05) is 6.54 Å². The first-order valence-electron chi connectivity index (χ1n) is 5.22. The summed E-state index contributed by atoms with van der Waals surface area (Å²) in [5.74, 6) is -0.263. The van der Waals surface area contributed by atoms with Gasteiger partial charge in [-0.1, -0.05) is 36.2 Å². The quantitative estimate of drug-likeness (QED) is 0.788. The van der Waals surface area contributed by atoms with Crippen molar-refractivity contribution >= 4 is 29.1 Å². The van der Waals surface area contributed by atoms with E-state index >= 15 is 0 Å². The lowest BCUT2D eigenvalue weighted by atomic mass is 10.2. The Morgan fingerprint density at radius 2 is 2.18 bits per heavy atom. The van der Waals surface area contributed by atoms with Gasteiger partial charge in [0.15, 0.2) is 0 Å². The van der Waals surface area contributed by atoms with Crippen LogP contribution in [0.3, 0.4) is 0 Å². The van der Waals surface area contributed by atoms with Crippen LogP contribution in [-0.2, 0) is 0 Å². The monoisotopic (exact) mass is 270 g/mol. The predicted octanol–water partition coefficient (Wildman–Crippen LogP) is 3.37. The summed E-state index contributed by atoms with van der Waals surface area (Å²) in [7, 11) is 0. The molecule has 0 aliphatic carbocycles. The lowest BCUT2D eigenvalue weighted by molar-refractivity contribution is 0.0776. The molecule has 0 heterocycles. The number of nitriles is 1. The highest BCUT2D eigenvalue weighted by Crippen LogP contribution is 2.26. The van der Waals surface area contributed by atoms with E-state index < -0.39 is 0 Å². The van der Waals surface area contributed by atoms with E-state index in [0.717, 1.165) is 6.42 Å². The largest absolute Gasteiger partial charge is 0.325 e. The zero-order chi connectivity index (χ0) is 12.8. The van der Waals surface area contributed by atoms with E-state index in [1.165, 1.54) is 4.90 Å². The molecule has 0 atom stereocenters. The van der Waals surface area contributed by atoms with Crippen LogP contribution in [0.15, 0.2) is 18.2 Å². The number of nitrogens with zero attached hydrogens (tertiary/aromatic N) is 2. The van der Waals surface area contributed by atoms with E-state index in [-0.39, 0.29) is 17.5 Å². The van der Waals surface area contributed by atoms with Crippen molar-refractivity contribution in [1.29, 1.82) is 5.26 Å². The molecule has 3 nitrogen and oxygen atoms in total. The highest BCUT2D eigenvalue weighted by Gasteiger charge is 2.18. The standard InChI is InChI=1S/C12H12Cl2N2O/c1-2-7-16(8-6-15)12(17)9-4-3-5-10(13)11(9)14/h3-5H,2,7-8H2,1H3.